The molecular weight excluding hydrogens is 188 g/mol. The van der Waals surface area contributed by atoms with Crippen molar-refractivity contribution in [2.75, 3.05) is 13.1 Å². The number of amides is 1. The third kappa shape index (κ3) is 5.78. The van der Waals surface area contributed by atoms with Gasteiger partial charge < -0.3 is 10.6 Å². The number of carbonyl (C=O) groups is 1. The third-order valence-electron chi connectivity index (χ3n) is 2.84. The van der Waals surface area contributed by atoms with Crippen LogP contribution in [0.2, 0.25) is 0 Å². The molecule has 1 aliphatic carbocycles. The molecule has 0 aromatic rings. The molecule has 0 aliphatic heterocycles. The second-order valence-corrected chi connectivity index (χ2v) is 5.70. The van der Waals surface area contributed by atoms with E-state index in [0.29, 0.717) is 6.42 Å². The van der Waals surface area contributed by atoms with Gasteiger partial charge in [-0.25, -0.2) is 0 Å². The molecule has 0 radical (unpaired) electrons. The molecule has 1 saturated carbocycles. The summed E-state index contributed by atoms with van der Waals surface area (Å²) in [4.78, 5) is 11.4. The maximum atomic E-state index is 11.4. The fourth-order valence-electron chi connectivity index (χ4n) is 1.57. The van der Waals surface area contributed by atoms with Gasteiger partial charge in [0.1, 0.15) is 0 Å². The third-order valence-corrected chi connectivity index (χ3v) is 2.84. The summed E-state index contributed by atoms with van der Waals surface area (Å²) < 4.78 is 0. The lowest BCUT2D eigenvalue weighted by Crippen LogP contribution is -2.38. The number of nitrogens with one attached hydrogen (secondary N) is 2. The lowest BCUT2D eigenvalue weighted by Gasteiger charge is -2.20. The van der Waals surface area contributed by atoms with Crippen molar-refractivity contribution in [3.8, 4) is 0 Å². The second kappa shape index (κ2) is 4.97. The van der Waals surface area contributed by atoms with Crippen LogP contribution in [-0.2, 0) is 4.79 Å². The Hall–Kier alpha value is -0.570. The molecule has 1 amide bonds. The molecule has 2 unspecified atom stereocenters. The number of carbonyl (C=O) groups excluding carboxylic acids is 1. The van der Waals surface area contributed by atoms with Crippen LogP contribution in [-0.4, -0.2) is 24.5 Å². The molecule has 15 heavy (non-hydrogen) atoms. The normalized spacial score (nSPS) is 25.1. The molecule has 0 saturated heterocycles. The molecule has 1 aliphatic rings. The monoisotopic (exact) mass is 212 g/mol. The van der Waals surface area contributed by atoms with Gasteiger partial charge in [-0.1, -0.05) is 6.92 Å². The van der Waals surface area contributed by atoms with E-state index in [1.807, 2.05) is 0 Å². The van der Waals surface area contributed by atoms with E-state index in [9.17, 15) is 4.79 Å². The van der Waals surface area contributed by atoms with Crippen molar-refractivity contribution >= 4 is 5.91 Å². The van der Waals surface area contributed by atoms with Gasteiger partial charge in [0.2, 0.25) is 5.91 Å². The van der Waals surface area contributed by atoms with Crippen LogP contribution in [0.15, 0.2) is 0 Å². The predicted molar refractivity (Wildman–Crippen MR) is 62.7 cm³/mol. The van der Waals surface area contributed by atoms with Gasteiger partial charge in [-0.2, -0.15) is 0 Å². The maximum absolute atomic E-state index is 11.4. The van der Waals surface area contributed by atoms with Gasteiger partial charge in [0.05, 0.1) is 0 Å². The molecule has 2 atom stereocenters. The molecule has 3 nitrogen and oxygen atoms in total. The van der Waals surface area contributed by atoms with Crippen LogP contribution >= 0.6 is 0 Å². The summed E-state index contributed by atoms with van der Waals surface area (Å²) in [5.41, 5.74) is 0.102. The molecule has 0 heterocycles. The van der Waals surface area contributed by atoms with E-state index in [1.165, 1.54) is 6.42 Å². The van der Waals surface area contributed by atoms with Gasteiger partial charge >= 0.3 is 0 Å². The van der Waals surface area contributed by atoms with Crippen molar-refractivity contribution in [3.63, 3.8) is 0 Å². The van der Waals surface area contributed by atoms with Crippen LogP contribution in [0, 0.1) is 11.8 Å². The van der Waals surface area contributed by atoms with E-state index in [2.05, 4.69) is 38.3 Å². The fraction of sp³-hybridized carbons (Fsp3) is 0.917. The number of hydrogen-bond acceptors (Lipinski definition) is 2. The van der Waals surface area contributed by atoms with Crippen molar-refractivity contribution in [1.82, 2.24) is 10.6 Å². The Morgan fingerprint density at radius 2 is 2.00 bits per heavy atom. The lowest BCUT2D eigenvalue weighted by molar-refractivity contribution is -0.121. The van der Waals surface area contributed by atoms with Gasteiger partial charge in [-0.15, -0.1) is 0 Å². The van der Waals surface area contributed by atoms with Crippen molar-refractivity contribution in [1.29, 1.82) is 0 Å². The van der Waals surface area contributed by atoms with E-state index in [0.717, 1.165) is 24.9 Å². The highest BCUT2D eigenvalue weighted by atomic mass is 16.1. The molecule has 1 fully saturated rings. The van der Waals surface area contributed by atoms with Gasteiger partial charge in [0, 0.05) is 25.0 Å². The molecule has 88 valence electrons. The van der Waals surface area contributed by atoms with Crippen LogP contribution in [0.4, 0.5) is 0 Å². The minimum absolute atomic E-state index is 0.102. The van der Waals surface area contributed by atoms with E-state index in [4.69, 9.17) is 0 Å². The highest BCUT2D eigenvalue weighted by Crippen LogP contribution is 2.36. The summed E-state index contributed by atoms with van der Waals surface area (Å²) in [7, 11) is 0. The highest BCUT2D eigenvalue weighted by molar-refractivity contribution is 5.76. The zero-order valence-electron chi connectivity index (χ0n) is 10.4. The summed E-state index contributed by atoms with van der Waals surface area (Å²) in [6.45, 7) is 10.2. The minimum Gasteiger partial charge on any atom is -0.356 e. The van der Waals surface area contributed by atoms with E-state index >= 15 is 0 Å². The Balaban J connectivity index is 1.99. The molecular formula is C12H24N2O. The first kappa shape index (κ1) is 12.5. The Morgan fingerprint density at radius 3 is 2.47 bits per heavy atom. The zero-order chi connectivity index (χ0) is 11.5. The summed E-state index contributed by atoms with van der Waals surface area (Å²) in [5, 5.41) is 6.29. The molecule has 0 aromatic heterocycles. The largest absolute Gasteiger partial charge is 0.356 e. The van der Waals surface area contributed by atoms with Crippen LogP contribution in [0.5, 0.6) is 0 Å². The topological polar surface area (TPSA) is 41.1 Å². The quantitative estimate of drug-likeness (QED) is 0.726. The van der Waals surface area contributed by atoms with Gasteiger partial charge in [0.25, 0.3) is 0 Å². The highest BCUT2D eigenvalue weighted by Gasteiger charge is 2.32. The molecule has 0 spiro atoms. The maximum Gasteiger partial charge on any atom is 0.221 e. The van der Waals surface area contributed by atoms with Crippen molar-refractivity contribution in [3.05, 3.63) is 0 Å². The Kier molecular flexibility index (Phi) is 4.14. The van der Waals surface area contributed by atoms with E-state index < -0.39 is 0 Å². The summed E-state index contributed by atoms with van der Waals surface area (Å²) in [5.74, 6) is 1.73. The summed E-state index contributed by atoms with van der Waals surface area (Å²) in [6, 6.07) is 0. The van der Waals surface area contributed by atoms with Gasteiger partial charge in [0.15, 0.2) is 0 Å². The second-order valence-electron chi connectivity index (χ2n) is 5.70. The average Bonchev–Trinajstić information content (AvgIpc) is 2.76. The van der Waals surface area contributed by atoms with Crippen LogP contribution in [0.1, 0.15) is 40.5 Å². The Labute approximate surface area is 93.0 Å². The molecule has 1 rings (SSSR count). The molecule has 0 bridgehead atoms. The number of hydrogen-bond donors (Lipinski definition) is 2. The predicted octanol–water partition coefficient (Wildman–Crippen LogP) is 1.54. The van der Waals surface area contributed by atoms with Crippen molar-refractivity contribution in [2.24, 2.45) is 11.8 Å². The SMILES string of the molecule is CC1CC1CNC(=O)CCNC(C)(C)C. The van der Waals surface area contributed by atoms with Crippen LogP contribution in [0.3, 0.4) is 0 Å². The van der Waals surface area contributed by atoms with E-state index in [1.54, 1.807) is 0 Å². The first-order valence-electron chi connectivity index (χ1n) is 5.90. The zero-order valence-corrected chi connectivity index (χ0v) is 10.4. The minimum atomic E-state index is 0.102. The van der Waals surface area contributed by atoms with Crippen molar-refractivity contribution in [2.45, 2.75) is 46.1 Å². The van der Waals surface area contributed by atoms with Gasteiger partial charge in [-0.05, 0) is 39.0 Å². The number of rotatable bonds is 5. The summed E-state index contributed by atoms with van der Waals surface area (Å²) >= 11 is 0. The van der Waals surface area contributed by atoms with Gasteiger partial charge in [-0.3, -0.25) is 4.79 Å². The molecule has 0 aromatic carbocycles. The Bertz CT molecular complexity index is 220. The van der Waals surface area contributed by atoms with E-state index in [-0.39, 0.29) is 11.4 Å². The first-order chi connectivity index (χ1) is 6.88. The van der Waals surface area contributed by atoms with Crippen LogP contribution < -0.4 is 10.6 Å². The van der Waals surface area contributed by atoms with Crippen molar-refractivity contribution < 1.29 is 4.79 Å². The molecule has 3 heteroatoms. The standard InChI is InChI=1S/C12H24N2O/c1-9-7-10(9)8-13-11(15)5-6-14-12(2,3)4/h9-10,14H,5-8H2,1-4H3,(H,13,15). The lowest BCUT2D eigenvalue weighted by atomic mass is 10.1. The van der Waals surface area contributed by atoms with Crippen LogP contribution in [0.25, 0.3) is 0 Å². The first-order valence-corrected chi connectivity index (χ1v) is 5.90. The average molecular weight is 212 g/mol. The fourth-order valence-corrected chi connectivity index (χ4v) is 1.57. The smallest absolute Gasteiger partial charge is 0.221 e. The summed E-state index contributed by atoms with van der Waals surface area (Å²) in [6.07, 6.45) is 1.86. The Morgan fingerprint density at radius 1 is 1.40 bits per heavy atom. The molecule has 2 N–H and O–H groups in total.